The van der Waals surface area contributed by atoms with Crippen LogP contribution in [-0.2, 0) is 4.79 Å². The number of piperazine rings is 1. The third kappa shape index (κ3) is 4.07. The van der Waals surface area contributed by atoms with Crippen molar-refractivity contribution in [3.63, 3.8) is 0 Å². The van der Waals surface area contributed by atoms with Crippen molar-refractivity contribution in [3.05, 3.63) is 35.8 Å². The van der Waals surface area contributed by atoms with Gasteiger partial charge in [0, 0.05) is 56.2 Å². The molecule has 0 aromatic carbocycles. The van der Waals surface area contributed by atoms with Gasteiger partial charge in [-0.3, -0.25) is 9.59 Å². The zero-order valence-corrected chi connectivity index (χ0v) is 18.4. The number of alkyl halides is 2. The van der Waals surface area contributed by atoms with E-state index >= 15 is 0 Å². The van der Waals surface area contributed by atoms with Gasteiger partial charge in [0.05, 0.1) is 0 Å². The highest BCUT2D eigenvalue weighted by Crippen LogP contribution is 2.51. The Morgan fingerprint density at radius 3 is 2.48 bits per heavy atom. The summed E-state index contributed by atoms with van der Waals surface area (Å²) in [5, 5.41) is 5.68. The van der Waals surface area contributed by atoms with Gasteiger partial charge >= 0.3 is 0 Å². The number of nitrogens with one attached hydrogen (secondary N) is 2. The Balaban J connectivity index is 1.30. The Kier molecular flexibility index (Phi) is 5.13. The molecule has 2 amide bonds. The molecule has 5 rings (SSSR count). The minimum absolute atomic E-state index is 0.0861. The molecular formula is C22H25F2N7O2. The fraction of sp³-hybridized carbons (Fsp3) is 0.500. The summed E-state index contributed by atoms with van der Waals surface area (Å²) in [4.78, 5) is 41.5. The van der Waals surface area contributed by atoms with Crippen molar-refractivity contribution >= 4 is 29.3 Å². The van der Waals surface area contributed by atoms with Gasteiger partial charge in [-0.25, -0.2) is 18.7 Å². The monoisotopic (exact) mass is 457 g/mol. The summed E-state index contributed by atoms with van der Waals surface area (Å²) < 4.78 is 26.9. The largest absolute Gasteiger partial charge is 0.354 e. The molecule has 4 heterocycles. The smallest absolute Gasteiger partial charge is 0.269 e. The van der Waals surface area contributed by atoms with E-state index in [-0.39, 0.29) is 30.1 Å². The van der Waals surface area contributed by atoms with Crippen molar-refractivity contribution < 1.29 is 18.4 Å². The number of hydrogen-bond acceptors (Lipinski definition) is 7. The number of fused-ring (bicyclic) bond motifs is 2. The zero-order valence-electron chi connectivity index (χ0n) is 18.4. The molecule has 2 aromatic rings. The first-order valence-electron chi connectivity index (χ1n) is 11.0. The lowest BCUT2D eigenvalue weighted by Crippen LogP contribution is -2.56. The number of carbonyl (C=O) groups is 2. The van der Waals surface area contributed by atoms with E-state index in [0.29, 0.717) is 36.2 Å². The summed E-state index contributed by atoms with van der Waals surface area (Å²) in [6.07, 6.45) is 2.92. The third-order valence-corrected chi connectivity index (χ3v) is 6.49. The Bertz CT molecular complexity index is 1100. The highest BCUT2D eigenvalue weighted by molar-refractivity contribution is 5.93. The number of halogens is 2. The molecule has 2 saturated heterocycles. The number of nitrogens with zero attached hydrogens (tertiary/aromatic N) is 5. The van der Waals surface area contributed by atoms with Crippen molar-refractivity contribution in [1.29, 1.82) is 0 Å². The Morgan fingerprint density at radius 1 is 1.15 bits per heavy atom. The number of carbonyl (C=O) groups excluding carboxylic acids is 2. The first kappa shape index (κ1) is 21.5. The predicted molar refractivity (Wildman–Crippen MR) is 117 cm³/mol. The second-order valence-electron chi connectivity index (χ2n) is 8.88. The number of aromatic nitrogens is 3. The van der Waals surface area contributed by atoms with Crippen LogP contribution in [0.3, 0.4) is 0 Å². The van der Waals surface area contributed by atoms with Crippen molar-refractivity contribution in [1.82, 2.24) is 25.2 Å². The van der Waals surface area contributed by atoms with E-state index in [1.54, 1.807) is 43.3 Å². The fourth-order valence-corrected chi connectivity index (χ4v) is 4.81. The second kappa shape index (κ2) is 7.89. The summed E-state index contributed by atoms with van der Waals surface area (Å²) >= 11 is 0. The number of anilines is 3. The van der Waals surface area contributed by atoms with Crippen LogP contribution in [0.25, 0.3) is 0 Å². The van der Waals surface area contributed by atoms with E-state index in [1.165, 1.54) is 0 Å². The zero-order chi connectivity index (χ0) is 23.3. The molecule has 9 nitrogen and oxygen atoms in total. The summed E-state index contributed by atoms with van der Waals surface area (Å²) in [5.74, 6) is -3.62. The van der Waals surface area contributed by atoms with Crippen LogP contribution < -0.4 is 15.5 Å². The molecule has 0 spiro atoms. The molecule has 3 fully saturated rings. The average Bonchev–Trinajstić information content (AvgIpc) is 3.35. The van der Waals surface area contributed by atoms with E-state index in [1.807, 2.05) is 0 Å². The van der Waals surface area contributed by atoms with E-state index < -0.39 is 17.7 Å². The first-order chi connectivity index (χ1) is 15.7. The lowest BCUT2D eigenvalue weighted by molar-refractivity contribution is -0.138. The number of aryl methyl sites for hydroxylation is 1. The number of rotatable bonds is 5. The molecule has 11 heteroatoms. The van der Waals surface area contributed by atoms with E-state index in [0.717, 1.165) is 12.8 Å². The van der Waals surface area contributed by atoms with Gasteiger partial charge in [0.15, 0.2) is 0 Å². The Labute approximate surface area is 189 Å². The van der Waals surface area contributed by atoms with Crippen LogP contribution in [0.15, 0.2) is 24.4 Å². The van der Waals surface area contributed by atoms with Gasteiger partial charge in [-0.05, 0) is 38.0 Å². The summed E-state index contributed by atoms with van der Waals surface area (Å²) in [6, 6.07) is 5.04. The van der Waals surface area contributed by atoms with Crippen LogP contribution in [0.2, 0.25) is 0 Å². The summed E-state index contributed by atoms with van der Waals surface area (Å²) in [7, 11) is 1.54. The minimum Gasteiger partial charge on any atom is -0.354 e. The van der Waals surface area contributed by atoms with E-state index in [9.17, 15) is 18.4 Å². The molecular weight excluding hydrogens is 432 g/mol. The van der Waals surface area contributed by atoms with Crippen LogP contribution in [-0.4, -0.2) is 69.8 Å². The van der Waals surface area contributed by atoms with Crippen LogP contribution in [0, 0.1) is 12.8 Å². The van der Waals surface area contributed by atoms with Crippen molar-refractivity contribution in [2.45, 2.75) is 44.2 Å². The van der Waals surface area contributed by atoms with Gasteiger partial charge in [0.1, 0.15) is 17.4 Å². The van der Waals surface area contributed by atoms with Crippen LogP contribution >= 0.6 is 0 Å². The number of hydrogen-bond donors (Lipinski definition) is 2. The SMILES string of the molecule is CNC(=O)c1cc(Nc2nccc(N3C[C@H]4CC[C@@H](C3)N4C(=O)C3CC3(F)F)n2)cc(C)n1. The molecule has 174 valence electrons. The lowest BCUT2D eigenvalue weighted by Gasteiger charge is -2.41. The summed E-state index contributed by atoms with van der Waals surface area (Å²) in [6.45, 7) is 2.89. The maximum Gasteiger partial charge on any atom is 0.269 e. The minimum atomic E-state index is -2.84. The summed E-state index contributed by atoms with van der Waals surface area (Å²) in [5.41, 5.74) is 1.60. The lowest BCUT2D eigenvalue weighted by atomic mass is 10.1. The molecule has 3 aliphatic rings. The molecule has 0 radical (unpaired) electrons. The second-order valence-corrected chi connectivity index (χ2v) is 8.88. The molecule has 1 saturated carbocycles. The maximum atomic E-state index is 13.4. The number of pyridine rings is 1. The molecule has 2 bridgehead atoms. The highest BCUT2D eigenvalue weighted by atomic mass is 19.3. The van der Waals surface area contributed by atoms with Gasteiger partial charge in [-0.2, -0.15) is 4.98 Å². The fourth-order valence-electron chi connectivity index (χ4n) is 4.81. The van der Waals surface area contributed by atoms with Gasteiger partial charge in [0.2, 0.25) is 11.9 Å². The standard InChI is InChI=1S/C22H25F2N7O2/c1-12-7-13(8-17(27-12)19(32)25-2)28-21-26-6-5-18(29-21)30-10-14-3-4-15(11-30)31(14)20(33)16-9-22(16,23)24/h5-8,14-16H,3-4,9-11H2,1-2H3,(H,25,32)(H,26,27,28,29)/t14-,15+,16?. The normalized spacial score (nSPS) is 25.0. The molecule has 1 aliphatic carbocycles. The van der Waals surface area contributed by atoms with Gasteiger partial charge in [0.25, 0.3) is 11.8 Å². The molecule has 3 atom stereocenters. The molecule has 33 heavy (non-hydrogen) atoms. The van der Waals surface area contributed by atoms with Crippen molar-refractivity contribution in [2.24, 2.45) is 5.92 Å². The highest BCUT2D eigenvalue weighted by Gasteiger charge is 2.64. The van der Waals surface area contributed by atoms with Gasteiger partial charge in [-0.1, -0.05) is 0 Å². The molecule has 2 N–H and O–H groups in total. The number of amides is 2. The topological polar surface area (TPSA) is 103 Å². The maximum absolute atomic E-state index is 13.4. The average molecular weight is 457 g/mol. The molecule has 2 aliphatic heterocycles. The van der Waals surface area contributed by atoms with E-state index in [4.69, 9.17) is 0 Å². The Hall–Kier alpha value is -3.37. The van der Waals surface area contributed by atoms with Crippen LogP contribution in [0.5, 0.6) is 0 Å². The van der Waals surface area contributed by atoms with Crippen LogP contribution in [0.4, 0.5) is 26.2 Å². The first-order valence-corrected chi connectivity index (χ1v) is 11.0. The molecule has 1 unspecified atom stereocenters. The van der Waals surface area contributed by atoms with Gasteiger partial charge < -0.3 is 20.4 Å². The molecule has 2 aromatic heterocycles. The van der Waals surface area contributed by atoms with Gasteiger partial charge in [-0.15, -0.1) is 0 Å². The quantitative estimate of drug-likeness (QED) is 0.709. The Morgan fingerprint density at radius 2 is 1.85 bits per heavy atom. The predicted octanol–water partition coefficient (Wildman–Crippen LogP) is 2.12. The van der Waals surface area contributed by atoms with E-state index in [2.05, 4.69) is 30.5 Å². The third-order valence-electron chi connectivity index (χ3n) is 6.49. The van der Waals surface area contributed by atoms with Crippen molar-refractivity contribution in [3.8, 4) is 0 Å². The van der Waals surface area contributed by atoms with Crippen molar-refractivity contribution in [2.75, 3.05) is 30.4 Å². The van der Waals surface area contributed by atoms with Crippen LogP contribution in [0.1, 0.15) is 35.4 Å².